The third-order valence-electron chi connectivity index (χ3n) is 10.3. The van der Waals surface area contributed by atoms with E-state index in [0.717, 1.165) is 38.9 Å². The first-order valence-electron chi connectivity index (χ1n) is 17.7. The van der Waals surface area contributed by atoms with Crippen LogP contribution in [0.1, 0.15) is 67.2 Å². The minimum atomic E-state index is -2.40. The molecule has 0 radical (unpaired) electrons. The topological polar surface area (TPSA) is 58.9 Å². The first-order valence-corrected chi connectivity index (χ1v) is 21.5. The van der Waals surface area contributed by atoms with Gasteiger partial charge in [-0.25, -0.2) is 0 Å². The molecular weight excluding hydrogens is 625 g/mol. The number of aliphatic hydroxyl groups excluding tert-OH is 2. The Morgan fingerprint density at radius 2 is 0.688 bits per heavy atom. The zero-order valence-corrected chi connectivity index (χ0v) is 31.8. The van der Waals surface area contributed by atoms with E-state index in [1.54, 1.807) is 0 Å². The summed E-state index contributed by atoms with van der Waals surface area (Å²) in [4.78, 5) is 0. The van der Waals surface area contributed by atoms with Gasteiger partial charge in [0.2, 0.25) is 0 Å². The van der Waals surface area contributed by atoms with Crippen LogP contribution >= 0.6 is 0 Å². The zero-order valence-electron chi connectivity index (χ0n) is 29.8. The van der Waals surface area contributed by atoms with Crippen LogP contribution in [-0.4, -0.2) is 52.3 Å². The fourth-order valence-electron chi connectivity index (χ4n) is 7.68. The Bertz CT molecular complexity index is 1330. The monoisotopic (exact) mass is 680 g/mol. The summed E-state index contributed by atoms with van der Waals surface area (Å²) in [7, 11) is -4.80. The van der Waals surface area contributed by atoms with E-state index in [0.29, 0.717) is 11.8 Å². The van der Waals surface area contributed by atoms with E-state index >= 15 is 0 Å². The molecule has 2 N–H and O–H groups in total. The number of benzene rings is 4. The van der Waals surface area contributed by atoms with Gasteiger partial charge < -0.3 is 19.1 Å². The van der Waals surface area contributed by atoms with Crippen LogP contribution in [0, 0.1) is 11.8 Å². The molecule has 0 atom stereocenters. The first-order chi connectivity index (χ1) is 22.9. The van der Waals surface area contributed by atoms with E-state index < -0.39 is 16.6 Å². The maximum Gasteiger partial charge on any atom is 0.261 e. The Hall–Kier alpha value is -2.85. The lowest BCUT2D eigenvalue weighted by atomic mass is 9.83. The molecule has 2 fully saturated rings. The molecule has 48 heavy (non-hydrogen) atoms. The van der Waals surface area contributed by atoms with Gasteiger partial charge in [-0.2, -0.15) is 0 Å². The molecule has 6 rings (SSSR count). The van der Waals surface area contributed by atoms with Crippen molar-refractivity contribution in [3.8, 4) is 0 Å². The molecule has 4 aromatic rings. The molecule has 6 heteroatoms. The Balaban J connectivity index is 0.000000188. The van der Waals surface area contributed by atoms with Crippen molar-refractivity contribution in [1.29, 1.82) is 0 Å². The highest BCUT2D eigenvalue weighted by Crippen LogP contribution is 2.40. The van der Waals surface area contributed by atoms with Crippen molar-refractivity contribution < 1.29 is 19.1 Å². The van der Waals surface area contributed by atoms with E-state index in [2.05, 4.69) is 163 Å². The van der Waals surface area contributed by atoms with E-state index in [4.69, 9.17) is 8.85 Å². The van der Waals surface area contributed by atoms with Gasteiger partial charge in [-0.15, -0.1) is 0 Å². The Morgan fingerprint density at radius 1 is 0.458 bits per heavy atom. The quantitative estimate of drug-likeness (QED) is 0.184. The van der Waals surface area contributed by atoms with Crippen LogP contribution in [-0.2, 0) is 8.85 Å². The molecule has 0 heterocycles. The summed E-state index contributed by atoms with van der Waals surface area (Å²) in [5, 5.41) is 24.5. The van der Waals surface area contributed by atoms with Gasteiger partial charge in [0.1, 0.15) is 0 Å². The third kappa shape index (κ3) is 7.80. The van der Waals surface area contributed by atoms with E-state index in [1.807, 2.05) is 0 Å². The molecule has 0 amide bonds. The van der Waals surface area contributed by atoms with Crippen LogP contribution in [0.5, 0.6) is 0 Å². The summed E-state index contributed by atoms with van der Waals surface area (Å²) in [6.45, 7) is 15.3. The second-order valence-corrected chi connectivity index (χ2v) is 24.5. The molecule has 4 nitrogen and oxygen atoms in total. The van der Waals surface area contributed by atoms with Crippen LogP contribution in [0.2, 0.25) is 10.1 Å². The van der Waals surface area contributed by atoms with Gasteiger partial charge in [0, 0.05) is 13.2 Å². The molecule has 0 spiro atoms. The second-order valence-electron chi connectivity index (χ2n) is 15.9. The van der Waals surface area contributed by atoms with Gasteiger partial charge in [0.05, 0.1) is 12.2 Å². The van der Waals surface area contributed by atoms with Crippen LogP contribution in [0.25, 0.3) is 0 Å². The highest BCUT2D eigenvalue weighted by atomic mass is 28.4. The fraction of sp³-hybridized carbons (Fsp3) is 0.429. The van der Waals surface area contributed by atoms with Crippen molar-refractivity contribution in [3.63, 3.8) is 0 Å². The standard InChI is InChI=1S/2C21H28O2Si/c2*1-21(2,3)24(19-10-6-4-7-11-19,20-12-8-5-9-13-20)23-16-17-14-18(22)15-17/h2*4-13,17-18,22H,14-16H2,1-3H3. The van der Waals surface area contributed by atoms with E-state index in [9.17, 15) is 10.2 Å². The highest BCUT2D eigenvalue weighted by Gasteiger charge is 2.52. The van der Waals surface area contributed by atoms with Crippen LogP contribution < -0.4 is 20.7 Å². The lowest BCUT2D eigenvalue weighted by Crippen LogP contribution is -2.67. The predicted molar refractivity (Wildman–Crippen MR) is 205 cm³/mol. The SMILES string of the molecule is CC(C)(C)[Si](OCC1CC(O)C1)(c1ccccc1)c1ccccc1.CC(C)(C)[Si](OCC1CC(O)C1)(c1ccccc1)c1ccccc1. The molecule has 2 saturated carbocycles. The minimum absolute atomic E-state index is 0.0259. The van der Waals surface area contributed by atoms with Gasteiger partial charge in [-0.05, 0) is 68.3 Å². The Kier molecular flexibility index (Phi) is 11.7. The van der Waals surface area contributed by atoms with Crippen LogP contribution in [0.3, 0.4) is 0 Å². The largest absolute Gasteiger partial charge is 0.407 e. The normalized spacial score (nSPS) is 21.3. The van der Waals surface area contributed by atoms with Crippen molar-refractivity contribution >= 4 is 37.4 Å². The van der Waals surface area contributed by atoms with Crippen LogP contribution in [0.4, 0.5) is 0 Å². The number of aliphatic hydroxyl groups is 2. The molecule has 2 aliphatic carbocycles. The maximum absolute atomic E-state index is 9.60. The van der Waals surface area contributed by atoms with Gasteiger partial charge in [0.25, 0.3) is 16.6 Å². The molecule has 0 unspecified atom stereocenters. The summed E-state index contributed by atoms with van der Waals surface area (Å²) in [5.41, 5.74) is 0. The van der Waals surface area contributed by atoms with Crippen molar-refractivity contribution in [2.75, 3.05) is 13.2 Å². The second kappa shape index (κ2) is 15.4. The molecule has 4 aromatic carbocycles. The van der Waals surface area contributed by atoms with Gasteiger partial charge >= 0.3 is 0 Å². The molecule has 0 bridgehead atoms. The van der Waals surface area contributed by atoms with Crippen molar-refractivity contribution in [3.05, 3.63) is 121 Å². The van der Waals surface area contributed by atoms with E-state index in [1.165, 1.54) is 20.7 Å². The number of hydrogen-bond acceptors (Lipinski definition) is 4. The summed E-state index contributed by atoms with van der Waals surface area (Å²) in [6.07, 6.45) is 3.24. The van der Waals surface area contributed by atoms with Crippen molar-refractivity contribution in [2.24, 2.45) is 11.8 Å². The first kappa shape index (κ1) is 36.4. The summed E-state index contributed by atoms with van der Waals surface area (Å²) >= 11 is 0. The average molecular weight is 681 g/mol. The van der Waals surface area contributed by atoms with Crippen molar-refractivity contribution in [2.45, 2.75) is 89.5 Å². The lowest BCUT2D eigenvalue weighted by molar-refractivity contribution is 0.0182. The highest BCUT2D eigenvalue weighted by molar-refractivity contribution is 7.00. The third-order valence-corrected chi connectivity index (χ3v) is 20.3. The smallest absolute Gasteiger partial charge is 0.261 e. The van der Waals surface area contributed by atoms with E-state index in [-0.39, 0.29) is 22.3 Å². The fourth-order valence-corrected chi connectivity index (χ4v) is 17.0. The van der Waals surface area contributed by atoms with Gasteiger partial charge in [0.15, 0.2) is 0 Å². The Labute approximate surface area is 291 Å². The average Bonchev–Trinajstić information content (AvgIpc) is 3.04. The molecule has 0 saturated heterocycles. The molecule has 0 aliphatic heterocycles. The van der Waals surface area contributed by atoms with Gasteiger partial charge in [-0.1, -0.05) is 163 Å². The van der Waals surface area contributed by atoms with Crippen LogP contribution in [0.15, 0.2) is 121 Å². The Morgan fingerprint density at radius 3 is 0.875 bits per heavy atom. The summed E-state index contributed by atoms with van der Waals surface area (Å²) in [5.74, 6) is 0.975. The minimum Gasteiger partial charge on any atom is -0.407 e. The molecule has 0 aromatic heterocycles. The summed E-state index contributed by atoms with van der Waals surface area (Å²) in [6, 6.07) is 43.0. The maximum atomic E-state index is 9.60. The molecular formula is C42H56O4Si2. The zero-order chi connectivity index (χ0) is 34.4. The summed E-state index contributed by atoms with van der Waals surface area (Å²) < 4.78 is 13.7. The van der Waals surface area contributed by atoms with Crippen molar-refractivity contribution in [1.82, 2.24) is 0 Å². The molecule has 2 aliphatic rings. The number of rotatable bonds is 10. The lowest BCUT2D eigenvalue weighted by Gasteiger charge is -2.45. The molecule has 256 valence electrons. The predicted octanol–water partition coefficient (Wildman–Crippen LogP) is 6.67. The van der Waals surface area contributed by atoms with Gasteiger partial charge in [-0.3, -0.25) is 0 Å². The number of hydrogen-bond donors (Lipinski definition) is 2.